The van der Waals surface area contributed by atoms with Crippen LogP contribution in [0.4, 0.5) is 5.69 Å². The summed E-state index contributed by atoms with van der Waals surface area (Å²) in [7, 11) is 3.08. The molecule has 1 aromatic heterocycles. The Hall–Kier alpha value is -2.96. The van der Waals surface area contributed by atoms with E-state index in [4.69, 9.17) is 21.1 Å². The SMILES string of the molecule is COc1cc(OC)c(NC(=O)CN2CCn3cccc3C2c2ccccc2)cc1Cl. The molecule has 0 aliphatic carbocycles. The minimum atomic E-state index is -0.129. The predicted molar refractivity (Wildman–Crippen MR) is 117 cm³/mol. The van der Waals surface area contributed by atoms with Gasteiger partial charge in [0, 0.05) is 31.0 Å². The first-order valence-corrected chi connectivity index (χ1v) is 10.1. The fourth-order valence-electron chi connectivity index (χ4n) is 3.95. The molecular formula is C23H24ClN3O3. The Morgan fingerprint density at radius 2 is 1.83 bits per heavy atom. The van der Waals surface area contributed by atoms with Crippen molar-refractivity contribution in [1.82, 2.24) is 9.47 Å². The molecule has 156 valence electrons. The molecule has 4 rings (SSSR count). The molecule has 0 radical (unpaired) electrons. The summed E-state index contributed by atoms with van der Waals surface area (Å²) in [5, 5.41) is 3.35. The van der Waals surface area contributed by atoms with Crippen molar-refractivity contribution in [2.24, 2.45) is 0 Å². The Kier molecular flexibility index (Phi) is 5.97. The first kappa shape index (κ1) is 20.3. The largest absolute Gasteiger partial charge is 0.495 e. The smallest absolute Gasteiger partial charge is 0.238 e. The van der Waals surface area contributed by atoms with Gasteiger partial charge in [-0.1, -0.05) is 41.9 Å². The highest BCUT2D eigenvalue weighted by molar-refractivity contribution is 6.32. The van der Waals surface area contributed by atoms with Crippen molar-refractivity contribution in [2.45, 2.75) is 12.6 Å². The van der Waals surface area contributed by atoms with Crippen LogP contribution < -0.4 is 14.8 Å². The monoisotopic (exact) mass is 425 g/mol. The molecule has 0 fully saturated rings. The lowest BCUT2D eigenvalue weighted by molar-refractivity contribution is -0.118. The van der Waals surface area contributed by atoms with Gasteiger partial charge in [0.2, 0.25) is 5.91 Å². The lowest BCUT2D eigenvalue weighted by Crippen LogP contribution is -2.42. The summed E-state index contributed by atoms with van der Waals surface area (Å²) in [5.41, 5.74) is 2.87. The second-order valence-electron chi connectivity index (χ2n) is 7.15. The minimum Gasteiger partial charge on any atom is -0.495 e. The summed E-state index contributed by atoms with van der Waals surface area (Å²) in [6.07, 6.45) is 2.09. The standard InChI is InChI=1S/C23H24ClN3O3/c1-29-20-14-21(30-2)18(13-17(20)24)25-22(28)15-27-12-11-26-10-6-9-19(26)23(27)16-7-4-3-5-8-16/h3-10,13-14,23H,11-12,15H2,1-2H3,(H,25,28). The molecule has 1 unspecified atom stereocenters. The molecule has 7 heteroatoms. The van der Waals surface area contributed by atoms with Crippen LogP contribution in [0.1, 0.15) is 17.3 Å². The maximum absolute atomic E-state index is 13.0. The van der Waals surface area contributed by atoms with Crippen molar-refractivity contribution in [1.29, 1.82) is 0 Å². The predicted octanol–water partition coefficient (Wildman–Crippen LogP) is 4.20. The van der Waals surface area contributed by atoms with Gasteiger partial charge < -0.3 is 19.4 Å². The third-order valence-corrected chi connectivity index (χ3v) is 5.64. The Balaban J connectivity index is 1.56. The van der Waals surface area contributed by atoms with Gasteiger partial charge in [0.05, 0.1) is 37.5 Å². The average molecular weight is 426 g/mol. The summed E-state index contributed by atoms with van der Waals surface area (Å²) in [6.45, 7) is 1.86. The highest BCUT2D eigenvalue weighted by Crippen LogP contribution is 2.36. The quantitative estimate of drug-likeness (QED) is 0.643. The van der Waals surface area contributed by atoms with Gasteiger partial charge >= 0.3 is 0 Å². The van der Waals surface area contributed by atoms with E-state index in [1.807, 2.05) is 18.2 Å². The van der Waals surface area contributed by atoms with Crippen LogP contribution >= 0.6 is 11.6 Å². The number of aromatic nitrogens is 1. The Morgan fingerprint density at radius 1 is 1.07 bits per heavy atom. The summed E-state index contributed by atoms with van der Waals surface area (Å²) >= 11 is 6.24. The third-order valence-electron chi connectivity index (χ3n) is 5.35. The number of anilines is 1. The zero-order valence-electron chi connectivity index (χ0n) is 17.0. The van der Waals surface area contributed by atoms with E-state index in [1.54, 1.807) is 19.2 Å². The van der Waals surface area contributed by atoms with Gasteiger partial charge in [-0.15, -0.1) is 0 Å². The van der Waals surface area contributed by atoms with Crippen LogP contribution in [-0.4, -0.2) is 42.7 Å². The van der Waals surface area contributed by atoms with E-state index in [-0.39, 0.29) is 18.5 Å². The molecule has 0 saturated carbocycles. The van der Waals surface area contributed by atoms with Gasteiger partial charge in [0.1, 0.15) is 11.5 Å². The lowest BCUT2D eigenvalue weighted by atomic mass is 10.00. The molecule has 1 aliphatic rings. The van der Waals surface area contributed by atoms with Gasteiger partial charge in [-0.3, -0.25) is 9.69 Å². The minimum absolute atomic E-state index is 0.0158. The third kappa shape index (κ3) is 4.01. The van der Waals surface area contributed by atoms with E-state index in [0.717, 1.165) is 18.7 Å². The summed E-state index contributed by atoms with van der Waals surface area (Å²) in [6, 6.07) is 17.8. The van der Waals surface area contributed by atoms with Crippen LogP contribution in [0.2, 0.25) is 5.02 Å². The maximum Gasteiger partial charge on any atom is 0.238 e. The normalized spacial score (nSPS) is 16.0. The van der Waals surface area contributed by atoms with Gasteiger partial charge in [-0.05, 0) is 23.8 Å². The molecule has 30 heavy (non-hydrogen) atoms. The van der Waals surface area contributed by atoms with Crippen LogP contribution in [0.15, 0.2) is 60.8 Å². The van der Waals surface area contributed by atoms with E-state index in [0.29, 0.717) is 22.2 Å². The first-order chi connectivity index (χ1) is 14.6. The molecule has 0 saturated heterocycles. The Labute approximate surface area is 181 Å². The topological polar surface area (TPSA) is 55.7 Å². The van der Waals surface area contributed by atoms with Crippen LogP contribution in [0.3, 0.4) is 0 Å². The zero-order valence-corrected chi connectivity index (χ0v) is 17.7. The molecule has 2 aromatic carbocycles. The van der Waals surface area contributed by atoms with E-state index >= 15 is 0 Å². The number of rotatable bonds is 6. The fraction of sp³-hybridized carbons (Fsp3) is 0.261. The van der Waals surface area contributed by atoms with Gasteiger partial charge in [-0.25, -0.2) is 0 Å². The van der Waals surface area contributed by atoms with Crippen LogP contribution in [0.25, 0.3) is 0 Å². The Morgan fingerprint density at radius 3 is 2.57 bits per heavy atom. The van der Waals surface area contributed by atoms with Gasteiger partial charge in [-0.2, -0.15) is 0 Å². The average Bonchev–Trinajstić information content (AvgIpc) is 3.23. The Bertz CT molecular complexity index is 1040. The number of methoxy groups -OCH3 is 2. The highest BCUT2D eigenvalue weighted by atomic mass is 35.5. The van der Waals surface area contributed by atoms with Crippen molar-refractivity contribution >= 4 is 23.2 Å². The molecule has 1 N–H and O–H groups in total. The molecule has 2 heterocycles. The van der Waals surface area contributed by atoms with E-state index in [9.17, 15) is 4.79 Å². The highest BCUT2D eigenvalue weighted by Gasteiger charge is 2.30. The number of carbonyl (C=O) groups is 1. The summed E-state index contributed by atoms with van der Waals surface area (Å²) in [4.78, 5) is 15.1. The van der Waals surface area contributed by atoms with E-state index < -0.39 is 0 Å². The van der Waals surface area contributed by atoms with Crippen LogP contribution in [0.5, 0.6) is 11.5 Å². The first-order valence-electron chi connectivity index (χ1n) is 9.76. The summed E-state index contributed by atoms with van der Waals surface area (Å²) in [5.74, 6) is 0.861. The molecule has 0 spiro atoms. The number of carbonyl (C=O) groups excluding carboxylic acids is 1. The van der Waals surface area contributed by atoms with Crippen molar-refractivity contribution in [2.75, 3.05) is 32.6 Å². The second kappa shape index (κ2) is 8.81. The zero-order chi connectivity index (χ0) is 21.1. The molecule has 6 nitrogen and oxygen atoms in total. The maximum atomic E-state index is 13.0. The van der Waals surface area contributed by atoms with E-state index in [1.165, 1.54) is 12.8 Å². The number of halogens is 1. The van der Waals surface area contributed by atoms with Crippen molar-refractivity contribution in [3.05, 3.63) is 77.1 Å². The van der Waals surface area contributed by atoms with Crippen molar-refractivity contribution < 1.29 is 14.3 Å². The fourth-order valence-corrected chi connectivity index (χ4v) is 4.19. The van der Waals surface area contributed by atoms with Crippen LogP contribution in [0, 0.1) is 0 Å². The summed E-state index contributed by atoms with van der Waals surface area (Å²) < 4.78 is 12.9. The second-order valence-corrected chi connectivity index (χ2v) is 7.55. The number of amides is 1. The molecular weight excluding hydrogens is 402 g/mol. The van der Waals surface area contributed by atoms with Crippen molar-refractivity contribution in [3.63, 3.8) is 0 Å². The van der Waals surface area contributed by atoms with Gasteiger partial charge in [0.15, 0.2) is 0 Å². The van der Waals surface area contributed by atoms with Gasteiger partial charge in [0.25, 0.3) is 0 Å². The number of hydrogen-bond acceptors (Lipinski definition) is 4. The molecule has 3 aromatic rings. The molecule has 1 aliphatic heterocycles. The molecule has 1 atom stereocenters. The van der Waals surface area contributed by atoms with Crippen molar-refractivity contribution in [3.8, 4) is 11.5 Å². The lowest BCUT2D eigenvalue weighted by Gasteiger charge is -2.36. The number of ether oxygens (including phenoxy) is 2. The number of hydrogen-bond donors (Lipinski definition) is 1. The molecule has 1 amide bonds. The molecule has 0 bridgehead atoms. The number of nitrogens with zero attached hydrogens (tertiary/aromatic N) is 2. The number of fused-ring (bicyclic) bond motifs is 1. The number of benzene rings is 2. The van der Waals surface area contributed by atoms with E-state index in [2.05, 4.69) is 45.2 Å². The van der Waals surface area contributed by atoms with Crippen LogP contribution in [-0.2, 0) is 11.3 Å². The number of nitrogens with one attached hydrogen (secondary N) is 1.